The zero-order valence-electron chi connectivity index (χ0n) is 92.2. The Labute approximate surface area is 750 Å². The molecular formula is C118H111BN4. The number of benzene rings is 15. The predicted octanol–water partition coefficient (Wildman–Crippen LogP) is 30.5. The number of aromatic nitrogens is 4. The van der Waals surface area contributed by atoms with Gasteiger partial charge in [-0.05, 0) is 244 Å². The maximum atomic E-state index is 12.3. The van der Waals surface area contributed by atoms with E-state index in [1.165, 1.54) is 9.13 Å². The van der Waals surface area contributed by atoms with E-state index < -0.39 is 93.0 Å². The van der Waals surface area contributed by atoms with Crippen molar-refractivity contribution in [1.82, 2.24) is 18.3 Å². The lowest BCUT2D eigenvalue weighted by Crippen LogP contribution is -2.60. The van der Waals surface area contributed by atoms with Crippen LogP contribution in [0.25, 0.3) is 175 Å². The molecule has 123 heavy (non-hydrogen) atoms. The summed E-state index contributed by atoms with van der Waals surface area (Å²) >= 11 is 0. The highest BCUT2D eigenvalue weighted by Crippen LogP contribution is 2.51. The van der Waals surface area contributed by atoms with Crippen molar-refractivity contribution in [3.8, 4) is 45.0 Å². The van der Waals surface area contributed by atoms with E-state index in [0.29, 0.717) is 65.3 Å². The summed E-state index contributed by atoms with van der Waals surface area (Å²) in [5, 5.41) is 6.58. The largest absolute Gasteiger partial charge is 0.309 e. The van der Waals surface area contributed by atoms with Crippen LogP contribution in [-0.2, 0) is 37.9 Å². The Kier molecular flexibility index (Phi) is 13.2. The Bertz CT molecular complexity index is 8410. The van der Waals surface area contributed by atoms with Crippen LogP contribution in [0.4, 0.5) is 0 Å². The monoisotopic (exact) mass is 1610 g/mol. The van der Waals surface area contributed by atoms with Crippen molar-refractivity contribution in [2.75, 3.05) is 0 Å². The molecule has 21 rings (SSSR count). The molecule has 0 atom stereocenters. The zero-order chi connectivity index (χ0) is 101. The number of hydrogen-bond donors (Lipinski definition) is 0. The molecule has 0 aliphatic carbocycles. The summed E-state index contributed by atoms with van der Waals surface area (Å²) in [5.41, 5.74) is 0.277. The third-order valence-corrected chi connectivity index (χ3v) is 25.6. The SMILES string of the molecule is [2H]c1c2c3c(c([2H])c1C(C)(C)C)-n1c4c(-c5ccccc5)cc(C(C)(C)C)cc4c4ccccc4c4ccccc4c4c(-n5c6c([2H])c([2H])c(C(C)(C)C)c([2H])c6c6c([2H])c(C(C)(C)C)c([2H])c([2H])c65)c([2H])c([2H])c(c41)B3c1c([2H])c([2H])c(-n3c4c([2H])c([2H])c(C(C)(C)C)c([2H])c4c4c([2H])c(C(C)(C)C)c([2H])c([2H])c43)c3c4ccccc4c4ccccc4c4cc(C(C)(C)C)cc(-c5ccccc5)c4n-2c13. The van der Waals surface area contributed by atoms with Gasteiger partial charge in [-0.1, -0.05) is 339 Å². The summed E-state index contributed by atoms with van der Waals surface area (Å²) in [4.78, 5) is 0. The Morgan fingerprint density at radius 1 is 0.220 bits per heavy atom. The number of fused-ring (bicyclic) bond motifs is 24. The molecule has 606 valence electrons. The summed E-state index contributed by atoms with van der Waals surface area (Å²) in [6.07, 6.45) is 0. The van der Waals surface area contributed by atoms with E-state index in [0.717, 1.165) is 33.0 Å². The molecule has 0 unspecified atom stereocenters. The fraction of sp³-hybridized carbons (Fsp3) is 0.237. The van der Waals surface area contributed by atoms with E-state index in [9.17, 15) is 24.7 Å². The molecule has 0 amide bonds. The van der Waals surface area contributed by atoms with Crippen molar-refractivity contribution in [1.29, 1.82) is 0 Å². The van der Waals surface area contributed by atoms with Gasteiger partial charge in [-0.3, -0.25) is 0 Å². The molecule has 2 aliphatic rings. The molecule has 2 aliphatic heterocycles. The third-order valence-electron chi connectivity index (χ3n) is 25.6. The molecular weight excluding hydrogens is 1480 g/mol. The van der Waals surface area contributed by atoms with Crippen LogP contribution < -0.4 is 16.4 Å². The van der Waals surface area contributed by atoms with E-state index in [-0.39, 0.29) is 193 Å². The van der Waals surface area contributed by atoms with Crippen LogP contribution >= 0.6 is 0 Å². The van der Waals surface area contributed by atoms with Gasteiger partial charge in [0, 0.05) is 65.6 Å². The Morgan fingerprint density at radius 3 is 0.780 bits per heavy atom. The summed E-state index contributed by atoms with van der Waals surface area (Å²) in [6, 6.07) is 54.4. The Balaban J connectivity index is 1.18. The van der Waals surface area contributed by atoms with E-state index in [2.05, 4.69) is 99.2 Å². The van der Waals surface area contributed by atoms with Crippen LogP contribution in [0.5, 0.6) is 0 Å². The topological polar surface area (TPSA) is 19.7 Å². The molecule has 0 fully saturated rings. The van der Waals surface area contributed by atoms with Gasteiger partial charge in [0.2, 0.25) is 0 Å². The average molecular weight is 1610 g/mol. The molecule has 0 saturated heterocycles. The molecule has 0 N–H and O–H groups in total. The molecule has 0 bridgehead atoms. The third kappa shape index (κ3) is 12.1. The summed E-state index contributed by atoms with van der Waals surface area (Å²) in [7, 11) is 0. The van der Waals surface area contributed by atoms with Crippen LogP contribution in [0, 0.1) is 0 Å². The highest BCUT2D eigenvalue weighted by molar-refractivity contribution is 7.00. The Hall–Kier alpha value is -12.4. The van der Waals surface area contributed by atoms with Crippen LogP contribution in [-0.4, -0.2) is 25.0 Å². The van der Waals surface area contributed by atoms with Gasteiger partial charge in [0.1, 0.15) is 0 Å². The molecule has 4 aromatic heterocycles. The van der Waals surface area contributed by atoms with Crippen molar-refractivity contribution < 1.29 is 24.7 Å². The van der Waals surface area contributed by atoms with Gasteiger partial charge in [0.25, 0.3) is 6.71 Å². The summed E-state index contributed by atoms with van der Waals surface area (Å²) < 4.78 is 209. The number of rotatable bonds is 4. The maximum absolute atomic E-state index is 12.3. The number of hydrogen-bond acceptors (Lipinski definition) is 0. The van der Waals surface area contributed by atoms with Gasteiger partial charge in [-0.25, -0.2) is 0 Å². The molecule has 19 aromatic rings. The van der Waals surface area contributed by atoms with Gasteiger partial charge < -0.3 is 18.3 Å². The van der Waals surface area contributed by atoms with Crippen LogP contribution in [0.3, 0.4) is 0 Å². The van der Waals surface area contributed by atoms with E-state index >= 15 is 0 Å². The molecule has 0 spiro atoms. The van der Waals surface area contributed by atoms with E-state index in [1.807, 2.05) is 237 Å². The van der Waals surface area contributed by atoms with Crippen molar-refractivity contribution in [3.05, 3.63) is 330 Å². The standard InChI is InChI=1S/C118H111BN4/c1-112(2,3)72-48-54-97-89(60-72)90-61-73(113(4,5)6)49-55-98(90)120(97)101-58-52-95-110-105(101)85-46-34-32-42-81(85)79-40-28-30-44-83(79)93-66-76(116(13,14)15)64-87(70-36-24-22-25-37-70)108(93)122(110)103-68-78(118(19,20)21)69-104-107(103)119(95)96-53-59-102(121-99-56-50-74(114(7,8)9)62-91(99)92-63-75(115(10,11)12)51-57-100(92)121)106-86-47-35-33-43-82(86)80-41-29-31-45-84(80)94-67-77(117(16,17)18)65-88(71-38-26-23-27-39-71)109(94)123(104)111(96)106/h22-69H,1-21H3/i48D,49D,50D,51D,52D,53D,54D,55D,56D,57D,58D,59D,60D,61D,62D,63D,68D,69D. The van der Waals surface area contributed by atoms with Gasteiger partial charge in [0.05, 0.1) is 80.2 Å². The lowest BCUT2D eigenvalue weighted by molar-refractivity contribution is 0.589. The van der Waals surface area contributed by atoms with Crippen molar-refractivity contribution in [2.45, 2.75) is 183 Å². The smallest absolute Gasteiger partial charge is 0.252 e. The van der Waals surface area contributed by atoms with Gasteiger partial charge in [-0.15, -0.1) is 0 Å². The molecule has 6 heterocycles. The van der Waals surface area contributed by atoms with Gasteiger partial charge in [-0.2, -0.15) is 0 Å². The normalized spacial score (nSPS) is 15.4. The van der Waals surface area contributed by atoms with Crippen LogP contribution in [0.1, 0.15) is 209 Å². The average Bonchev–Trinajstić information content (AvgIpc) is 1.65. The highest BCUT2D eigenvalue weighted by Gasteiger charge is 2.43. The molecule has 15 aromatic carbocycles. The fourth-order valence-corrected chi connectivity index (χ4v) is 19.0. The quantitative estimate of drug-likeness (QED) is 0.157. The predicted molar refractivity (Wildman–Crippen MR) is 536 cm³/mol. The van der Waals surface area contributed by atoms with Crippen LogP contribution in [0.2, 0.25) is 0 Å². The fourth-order valence-electron chi connectivity index (χ4n) is 19.0. The summed E-state index contributed by atoms with van der Waals surface area (Å²) in [5.74, 6) is 0. The van der Waals surface area contributed by atoms with E-state index in [1.54, 1.807) is 0 Å². The minimum Gasteiger partial charge on any atom is -0.309 e. The molecule has 5 heteroatoms. The van der Waals surface area contributed by atoms with Gasteiger partial charge in [0.15, 0.2) is 0 Å². The first-order valence-electron chi connectivity index (χ1n) is 52.2. The van der Waals surface area contributed by atoms with Crippen molar-refractivity contribution in [3.63, 3.8) is 0 Å². The lowest BCUT2D eigenvalue weighted by Gasteiger charge is -2.38. The first kappa shape index (κ1) is 60.1. The molecule has 0 radical (unpaired) electrons. The maximum Gasteiger partial charge on any atom is 0.252 e. The van der Waals surface area contributed by atoms with Gasteiger partial charge >= 0.3 is 0 Å². The lowest BCUT2D eigenvalue weighted by atomic mass is 9.34. The first-order valence-corrected chi connectivity index (χ1v) is 43.2. The van der Waals surface area contributed by atoms with Crippen LogP contribution in [0.15, 0.2) is 291 Å². The summed E-state index contributed by atoms with van der Waals surface area (Å²) in [6.45, 7) is 39.6. The number of nitrogens with zero attached hydrogens (tertiary/aromatic N) is 4. The minimum atomic E-state index is -1.68. The second-order valence-corrected chi connectivity index (χ2v) is 41.4. The van der Waals surface area contributed by atoms with E-state index in [4.69, 9.17) is 0 Å². The second-order valence-electron chi connectivity index (χ2n) is 41.4. The van der Waals surface area contributed by atoms with Crippen molar-refractivity contribution >= 4 is 153 Å². The second kappa shape index (κ2) is 27.0. The Morgan fingerprint density at radius 2 is 0.488 bits per heavy atom. The van der Waals surface area contributed by atoms with Crippen molar-refractivity contribution in [2.24, 2.45) is 0 Å². The zero-order valence-corrected chi connectivity index (χ0v) is 74.2. The molecule has 4 nitrogen and oxygen atoms in total. The minimum absolute atomic E-state index is 0.0244. The first-order chi connectivity index (χ1) is 66.1. The molecule has 0 saturated carbocycles. The highest BCUT2D eigenvalue weighted by atomic mass is 15.1.